The highest BCUT2D eigenvalue weighted by atomic mass is 16.5. The highest BCUT2D eigenvalue weighted by molar-refractivity contribution is 6.07. The molecule has 0 radical (unpaired) electrons. The van der Waals surface area contributed by atoms with Crippen molar-refractivity contribution in [3.8, 4) is 6.07 Å². The molecule has 2 N–H and O–H groups in total. The van der Waals surface area contributed by atoms with E-state index in [0.717, 1.165) is 24.9 Å². The number of nitrogens with zero attached hydrogens (tertiary/aromatic N) is 2. The van der Waals surface area contributed by atoms with Crippen molar-refractivity contribution in [2.45, 2.75) is 37.3 Å². The number of hydrogen-bond acceptors (Lipinski definition) is 6. The van der Waals surface area contributed by atoms with Crippen LogP contribution in [0, 0.1) is 17.2 Å². The number of esters is 1. The van der Waals surface area contributed by atoms with Crippen LogP contribution < -0.4 is 10.6 Å². The Morgan fingerprint density at radius 1 is 1.48 bits per heavy atom. The molecule has 0 aromatic heterocycles. The molecule has 140 valence electrons. The van der Waals surface area contributed by atoms with Crippen LogP contribution in [0.4, 0.5) is 11.4 Å². The van der Waals surface area contributed by atoms with Crippen molar-refractivity contribution in [3.63, 3.8) is 0 Å². The van der Waals surface area contributed by atoms with E-state index in [0.29, 0.717) is 17.8 Å². The Kier molecular flexibility index (Phi) is 4.12. The summed E-state index contributed by atoms with van der Waals surface area (Å²) in [7, 11) is 1.37. The number of amides is 2. The molecule has 2 fully saturated rings. The first-order chi connectivity index (χ1) is 13.0. The maximum absolute atomic E-state index is 13.1. The number of carbonyl (C=O) groups is 3. The van der Waals surface area contributed by atoms with Gasteiger partial charge in [0.2, 0.25) is 11.8 Å². The molecule has 3 heterocycles. The lowest BCUT2D eigenvalue weighted by atomic mass is 9.84. The van der Waals surface area contributed by atoms with Gasteiger partial charge in [0, 0.05) is 23.0 Å². The van der Waals surface area contributed by atoms with Crippen LogP contribution in [0.5, 0.6) is 0 Å². The lowest BCUT2D eigenvalue weighted by molar-refractivity contribution is -0.146. The number of nitrogens with one attached hydrogen (secondary N) is 2. The van der Waals surface area contributed by atoms with Crippen LogP contribution in [0.15, 0.2) is 18.2 Å². The number of ether oxygens (including phenoxy) is 1. The first-order valence-electron chi connectivity index (χ1n) is 8.98. The summed E-state index contributed by atoms with van der Waals surface area (Å²) in [5, 5.41) is 14.3. The predicted molar refractivity (Wildman–Crippen MR) is 95.5 cm³/mol. The minimum atomic E-state index is -0.925. The van der Waals surface area contributed by atoms with Gasteiger partial charge < -0.3 is 15.4 Å². The minimum absolute atomic E-state index is 0.0222. The van der Waals surface area contributed by atoms with Gasteiger partial charge in [0.05, 0.1) is 19.1 Å². The van der Waals surface area contributed by atoms with E-state index in [1.807, 2.05) is 6.07 Å². The van der Waals surface area contributed by atoms with Crippen molar-refractivity contribution in [2.24, 2.45) is 5.92 Å². The van der Waals surface area contributed by atoms with Crippen molar-refractivity contribution in [3.05, 3.63) is 23.8 Å². The lowest BCUT2D eigenvalue weighted by Crippen LogP contribution is -2.47. The number of rotatable bonds is 3. The van der Waals surface area contributed by atoms with E-state index in [2.05, 4.69) is 15.5 Å². The van der Waals surface area contributed by atoms with Gasteiger partial charge >= 0.3 is 5.97 Å². The van der Waals surface area contributed by atoms with Gasteiger partial charge in [-0.25, -0.2) is 0 Å². The summed E-state index contributed by atoms with van der Waals surface area (Å²) >= 11 is 0. The zero-order chi connectivity index (χ0) is 19.2. The van der Waals surface area contributed by atoms with Gasteiger partial charge in [-0.15, -0.1) is 0 Å². The Morgan fingerprint density at radius 2 is 2.30 bits per heavy atom. The standard InChI is InChI=1S/C19H20N4O4/c1-27-17(25)12-10-19(23-8-2-3-15(12)23)13-9-11(21-16(24)6-7-20)4-5-14(13)22-18(19)26/h4-5,9,12,15H,2-3,6,8,10H2,1H3,(H,21,24)(H,22,26). The topological polar surface area (TPSA) is 112 Å². The summed E-state index contributed by atoms with van der Waals surface area (Å²) in [6.45, 7) is 0.732. The van der Waals surface area contributed by atoms with Crippen LogP contribution in [0.3, 0.4) is 0 Å². The van der Waals surface area contributed by atoms with Crippen LogP contribution in [0.25, 0.3) is 0 Å². The summed E-state index contributed by atoms with van der Waals surface area (Å²) in [5.41, 5.74) is 1.06. The Hall–Kier alpha value is -2.92. The van der Waals surface area contributed by atoms with Gasteiger partial charge in [0.1, 0.15) is 12.0 Å². The van der Waals surface area contributed by atoms with Crippen molar-refractivity contribution >= 4 is 29.2 Å². The SMILES string of the molecule is COC(=O)C1CC2(C(=O)Nc3ccc(NC(=O)CC#N)cc32)N2CCCC12. The molecular weight excluding hydrogens is 348 g/mol. The monoisotopic (exact) mass is 368 g/mol. The first kappa shape index (κ1) is 17.5. The fourth-order valence-electron chi connectivity index (χ4n) is 4.83. The molecule has 27 heavy (non-hydrogen) atoms. The van der Waals surface area contributed by atoms with Crippen LogP contribution in [-0.2, 0) is 24.7 Å². The molecule has 2 amide bonds. The van der Waals surface area contributed by atoms with Gasteiger partial charge in [0.25, 0.3) is 0 Å². The van der Waals surface area contributed by atoms with E-state index in [1.54, 1.807) is 18.2 Å². The number of nitriles is 1. The van der Waals surface area contributed by atoms with Crippen molar-refractivity contribution in [1.82, 2.24) is 4.90 Å². The molecule has 3 atom stereocenters. The van der Waals surface area contributed by atoms with E-state index in [9.17, 15) is 14.4 Å². The average Bonchev–Trinajstić information content (AvgIpc) is 3.30. The normalized spacial score (nSPS) is 28.4. The molecule has 8 heteroatoms. The molecule has 0 bridgehead atoms. The third-order valence-electron chi connectivity index (χ3n) is 5.89. The number of hydrogen-bond donors (Lipinski definition) is 2. The molecule has 1 spiro atoms. The summed E-state index contributed by atoms with van der Waals surface area (Å²) in [6, 6.07) is 7.01. The van der Waals surface area contributed by atoms with E-state index < -0.39 is 11.4 Å². The summed E-state index contributed by atoms with van der Waals surface area (Å²) in [6.07, 6.45) is 1.89. The van der Waals surface area contributed by atoms with Gasteiger partial charge in [0.15, 0.2) is 0 Å². The van der Waals surface area contributed by atoms with Gasteiger partial charge in [-0.05, 0) is 44.0 Å². The summed E-state index contributed by atoms with van der Waals surface area (Å²) in [4.78, 5) is 39.3. The van der Waals surface area contributed by atoms with E-state index >= 15 is 0 Å². The third kappa shape index (κ3) is 2.50. The molecule has 8 nitrogen and oxygen atoms in total. The summed E-state index contributed by atoms with van der Waals surface area (Å²) < 4.78 is 4.99. The predicted octanol–water partition coefficient (Wildman–Crippen LogP) is 1.34. The molecule has 2 saturated heterocycles. The van der Waals surface area contributed by atoms with Crippen molar-refractivity contribution in [1.29, 1.82) is 5.26 Å². The summed E-state index contributed by atoms with van der Waals surface area (Å²) in [5.74, 6) is -1.19. The van der Waals surface area contributed by atoms with E-state index in [-0.39, 0.29) is 30.3 Å². The molecule has 0 saturated carbocycles. The minimum Gasteiger partial charge on any atom is -0.469 e. The Bertz CT molecular complexity index is 877. The zero-order valence-corrected chi connectivity index (χ0v) is 14.9. The van der Waals surface area contributed by atoms with Crippen LogP contribution in [0.1, 0.15) is 31.2 Å². The van der Waals surface area contributed by atoms with Crippen LogP contribution >= 0.6 is 0 Å². The molecule has 1 aromatic rings. The first-order valence-corrected chi connectivity index (χ1v) is 8.98. The van der Waals surface area contributed by atoms with Gasteiger partial charge in [-0.1, -0.05) is 0 Å². The maximum atomic E-state index is 13.1. The number of anilines is 2. The second kappa shape index (κ2) is 6.35. The van der Waals surface area contributed by atoms with Crippen LogP contribution in [-0.4, -0.2) is 42.4 Å². The van der Waals surface area contributed by atoms with Gasteiger partial charge in [-0.2, -0.15) is 5.26 Å². The maximum Gasteiger partial charge on any atom is 0.310 e. The Morgan fingerprint density at radius 3 is 3.04 bits per heavy atom. The Balaban J connectivity index is 1.75. The van der Waals surface area contributed by atoms with Crippen molar-refractivity contribution < 1.29 is 19.1 Å². The highest BCUT2D eigenvalue weighted by Crippen LogP contribution is 2.54. The molecule has 0 aliphatic carbocycles. The molecule has 3 unspecified atom stereocenters. The molecule has 3 aliphatic heterocycles. The Labute approximate surface area is 156 Å². The molecule has 3 aliphatic rings. The van der Waals surface area contributed by atoms with E-state index in [4.69, 9.17) is 10.00 Å². The number of benzene rings is 1. The van der Waals surface area contributed by atoms with Crippen LogP contribution in [0.2, 0.25) is 0 Å². The largest absolute Gasteiger partial charge is 0.469 e. The highest BCUT2D eigenvalue weighted by Gasteiger charge is 2.63. The molecule has 4 rings (SSSR count). The fourth-order valence-corrected chi connectivity index (χ4v) is 4.83. The van der Waals surface area contributed by atoms with Crippen molar-refractivity contribution in [2.75, 3.05) is 24.3 Å². The second-order valence-electron chi connectivity index (χ2n) is 7.19. The fraction of sp³-hybridized carbons (Fsp3) is 0.474. The number of carbonyl (C=O) groups excluding carboxylic acids is 3. The molecule has 1 aromatic carbocycles. The zero-order valence-electron chi connectivity index (χ0n) is 14.9. The second-order valence-corrected chi connectivity index (χ2v) is 7.19. The lowest BCUT2D eigenvalue weighted by Gasteiger charge is -2.32. The van der Waals surface area contributed by atoms with Gasteiger partial charge in [-0.3, -0.25) is 19.3 Å². The average molecular weight is 368 g/mol. The smallest absolute Gasteiger partial charge is 0.310 e. The third-order valence-corrected chi connectivity index (χ3v) is 5.89. The number of methoxy groups -OCH3 is 1. The van der Waals surface area contributed by atoms with E-state index in [1.165, 1.54) is 7.11 Å². The molecular formula is C19H20N4O4. The quantitative estimate of drug-likeness (QED) is 0.779. The number of fused-ring (bicyclic) bond motifs is 4.